The number of aromatic nitrogens is 2. The summed E-state index contributed by atoms with van der Waals surface area (Å²) in [6.07, 6.45) is 1.70. The maximum absolute atomic E-state index is 12.3. The SMILES string of the molecule is COc1ccc(OC2CCCN(C(=O)Nc3cccs3)C2)nn1. The highest BCUT2D eigenvalue weighted by Gasteiger charge is 2.25. The highest BCUT2D eigenvalue weighted by Crippen LogP contribution is 2.20. The number of hydrogen-bond donors (Lipinski definition) is 1. The van der Waals surface area contributed by atoms with E-state index >= 15 is 0 Å². The molecule has 1 N–H and O–H groups in total. The molecule has 0 saturated carbocycles. The Kier molecular flexibility index (Phi) is 4.92. The molecular formula is C15H18N4O3S. The van der Waals surface area contributed by atoms with Crippen LogP contribution in [0.1, 0.15) is 12.8 Å². The molecule has 0 spiro atoms. The van der Waals surface area contributed by atoms with Crippen molar-refractivity contribution >= 4 is 22.4 Å². The van der Waals surface area contributed by atoms with Gasteiger partial charge in [-0.25, -0.2) is 4.79 Å². The Balaban J connectivity index is 1.55. The second-order valence-corrected chi connectivity index (χ2v) is 6.10. The van der Waals surface area contributed by atoms with Crippen LogP contribution in [0.4, 0.5) is 9.80 Å². The predicted octanol–water partition coefficient (Wildman–Crippen LogP) is 2.62. The van der Waals surface area contributed by atoms with Crippen molar-refractivity contribution in [1.29, 1.82) is 0 Å². The van der Waals surface area contributed by atoms with Gasteiger partial charge in [-0.2, -0.15) is 0 Å². The number of carbonyl (C=O) groups excluding carboxylic acids is 1. The second-order valence-electron chi connectivity index (χ2n) is 5.15. The molecule has 1 saturated heterocycles. The average Bonchev–Trinajstić information content (AvgIpc) is 3.09. The average molecular weight is 334 g/mol. The van der Waals surface area contributed by atoms with Gasteiger partial charge in [-0.05, 0) is 30.4 Å². The molecule has 3 heterocycles. The highest BCUT2D eigenvalue weighted by molar-refractivity contribution is 7.14. The molecule has 7 nitrogen and oxygen atoms in total. The first-order valence-electron chi connectivity index (χ1n) is 7.38. The fraction of sp³-hybridized carbons (Fsp3) is 0.400. The van der Waals surface area contributed by atoms with Gasteiger partial charge >= 0.3 is 6.03 Å². The minimum atomic E-state index is -0.0958. The predicted molar refractivity (Wildman–Crippen MR) is 87.1 cm³/mol. The van der Waals surface area contributed by atoms with Crippen LogP contribution in [0.2, 0.25) is 0 Å². The summed E-state index contributed by atoms with van der Waals surface area (Å²) in [5, 5.41) is 13.5. The summed E-state index contributed by atoms with van der Waals surface area (Å²) in [4.78, 5) is 14.0. The summed E-state index contributed by atoms with van der Waals surface area (Å²) < 4.78 is 10.8. The van der Waals surface area contributed by atoms with Gasteiger partial charge in [0.05, 0.1) is 18.7 Å². The van der Waals surface area contributed by atoms with Gasteiger partial charge in [0.2, 0.25) is 11.8 Å². The quantitative estimate of drug-likeness (QED) is 0.930. The Morgan fingerprint density at radius 1 is 1.35 bits per heavy atom. The molecule has 2 aromatic rings. The van der Waals surface area contributed by atoms with E-state index < -0.39 is 0 Å². The van der Waals surface area contributed by atoms with Crippen molar-refractivity contribution in [2.24, 2.45) is 0 Å². The number of piperidine rings is 1. The summed E-state index contributed by atoms with van der Waals surface area (Å²) in [5.74, 6) is 0.884. The molecule has 1 fully saturated rings. The Morgan fingerprint density at radius 2 is 2.17 bits per heavy atom. The van der Waals surface area contributed by atoms with E-state index in [2.05, 4.69) is 15.5 Å². The van der Waals surface area contributed by atoms with Crippen LogP contribution in [-0.4, -0.2) is 47.4 Å². The number of urea groups is 1. The molecular weight excluding hydrogens is 316 g/mol. The lowest BCUT2D eigenvalue weighted by molar-refractivity contribution is 0.101. The summed E-state index contributed by atoms with van der Waals surface area (Å²) in [6.45, 7) is 1.26. The van der Waals surface area contributed by atoms with Crippen molar-refractivity contribution in [3.63, 3.8) is 0 Å². The van der Waals surface area contributed by atoms with Crippen LogP contribution in [-0.2, 0) is 0 Å². The fourth-order valence-corrected chi connectivity index (χ4v) is 3.01. The monoisotopic (exact) mass is 334 g/mol. The number of anilines is 1. The molecule has 1 aliphatic rings. The van der Waals surface area contributed by atoms with Gasteiger partial charge in [0.15, 0.2) is 0 Å². The van der Waals surface area contributed by atoms with E-state index in [1.807, 2.05) is 17.5 Å². The van der Waals surface area contributed by atoms with Crippen molar-refractivity contribution in [2.75, 3.05) is 25.5 Å². The van der Waals surface area contributed by atoms with Gasteiger partial charge in [0.1, 0.15) is 6.10 Å². The minimum Gasteiger partial charge on any atom is -0.480 e. The standard InChI is InChI=1S/C15H18N4O3S/c1-21-12-6-7-13(18-17-12)22-11-4-2-8-19(10-11)15(20)16-14-5-3-9-23-14/h3,5-7,9,11H,2,4,8,10H2,1H3,(H,16,20). The molecule has 2 amide bonds. The Hall–Kier alpha value is -2.35. The number of amides is 2. The Labute approximate surface area is 138 Å². The van der Waals surface area contributed by atoms with Crippen LogP contribution in [0.5, 0.6) is 11.8 Å². The van der Waals surface area contributed by atoms with Gasteiger partial charge in [0.25, 0.3) is 0 Å². The van der Waals surface area contributed by atoms with Gasteiger partial charge in [0, 0.05) is 18.7 Å². The molecule has 3 rings (SSSR count). The Morgan fingerprint density at radius 3 is 2.87 bits per heavy atom. The van der Waals surface area contributed by atoms with E-state index in [-0.39, 0.29) is 12.1 Å². The molecule has 0 radical (unpaired) electrons. The van der Waals surface area contributed by atoms with Crippen LogP contribution in [0.3, 0.4) is 0 Å². The number of rotatable bonds is 4. The lowest BCUT2D eigenvalue weighted by atomic mass is 10.1. The number of nitrogens with one attached hydrogen (secondary N) is 1. The van der Waals surface area contributed by atoms with Gasteiger partial charge in [-0.15, -0.1) is 21.5 Å². The number of thiophene rings is 1. The number of likely N-dealkylation sites (tertiary alicyclic amines) is 1. The van der Waals surface area contributed by atoms with E-state index in [0.29, 0.717) is 18.3 Å². The van der Waals surface area contributed by atoms with Gasteiger partial charge in [-0.3, -0.25) is 5.32 Å². The first-order valence-corrected chi connectivity index (χ1v) is 8.26. The lowest BCUT2D eigenvalue weighted by Crippen LogP contribution is -2.46. The third-order valence-corrected chi connectivity index (χ3v) is 4.31. The fourth-order valence-electron chi connectivity index (χ4n) is 2.40. The van der Waals surface area contributed by atoms with Crippen LogP contribution in [0.15, 0.2) is 29.6 Å². The van der Waals surface area contributed by atoms with Crippen molar-refractivity contribution < 1.29 is 14.3 Å². The normalized spacial score (nSPS) is 17.6. The van der Waals surface area contributed by atoms with E-state index in [9.17, 15) is 4.79 Å². The number of nitrogens with zero attached hydrogens (tertiary/aromatic N) is 3. The van der Waals surface area contributed by atoms with Crippen molar-refractivity contribution in [3.8, 4) is 11.8 Å². The summed E-state index contributed by atoms with van der Waals surface area (Å²) in [7, 11) is 1.54. The third-order valence-electron chi connectivity index (χ3n) is 3.53. The molecule has 8 heteroatoms. The van der Waals surface area contributed by atoms with Crippen molar-refractivity contribution in [1.82, 2.24) is 15.1 Å². The molecule has 0 aliphatic carbocycles. The zero-order valence-electron chi connectivity index (χ0n) is 12.8. The maximum atomic E-state index is 12.3. The van der Waals surface area contributed by atoms with Gasteiger partial charge < -0.3 is 14.4 Å². The van der Waals surface area contributed by atoms with E-state index in [1.54, 1.807) is 17.0 Å². The van der Waals surface area contributed by atoms with Crippen molar-refractivity contribution in [3.05, 3.63) is 29.6 Å². The van der Waals surface area contributed by atoms with E-state index in [0.717, 1.165) is 24.4 Å². The minimum absolute atomic E-state index is 0.0828. The second kappa shape index (κ2) is 7.28. The molecule has 23 heavy (non-hydrogen) atoms. The first-order chi connectivity index (χ1) is 11.2. The number of ether oxygens (including phenoxy) is 2. The molecule has 122 valence electrons. The van der Waals surface area contributed by atoms with E-state index in [4.69, 9.17) is 9.47 Å². The topological polar surface area (TPSA) is 76.6 Å². The summed E-state index contributed by atoms with van der Waals surface area (Å²) >= 11 is 1.50. The lowest BCUT2D eigenvalue weighted by Gasteiger charge is -2.32. The third kappa shape index (κ3) is 4.10. The van der Waals surface area contributed by atoms with Crippen LogP contribution >= 0.6 is 11.3 Å². The summed E-state index contributed by atoms with van der Waals surface area (Å²) in [5.41, 5.74) is 0. The summed E-state index contributed by atoms with van der Waals surface area (Å²) in [6, 6.07) is 7.11. The van der Waals surface area contributed by atoms with Crippen LogP contribution in [0, 0.1) is 0 Å². The molecule has 1 unspecified atom stereocenters. The number of carbonyl (C=O) groups is 1. The first kappa shape index (κ1) is 15.5. The Bertz CT molecular complexity index is 633. The molecule has 1 atom stereocenters. The van der Waals surface area contributed by atoms with Crippen LogP contribution in [0.25, 0.3) is 0 Å². The maximum Gasteiger partial charge on any atom is 0.322 e. The van der Waals surface area contributed by atoms with Gasteiger partial charge in [-0.1, -0.05) is 0 Å². The number of hydrogen-bond acceptors (Lipinski definition) is 6. The van der Waals surface area contributed by atoms with Crippen LogP contribution < -0.4 is 14.8 Å². The molecule has 0 aromatic carbocycles. The zero-order valence-corrected chi connectivity index (χ0v) is 13.6. The highest BCUT2D eigenvalue weighted by atomic mass is 32.1. The van der Waals surface area contributed by atoms with E-state index in [1.165, 1.54) is 18.4 Å². The largest absolute Gasteiger partial charge is 0.480 e. The molecule has 2 aromatic heterocycles. The molecule has 1 aliphatic heterocycles. The zero-order chi connectivity index (χ0) is 16.1. The smallest absolute Gasteiger partial charge is 0.322 e. The number of methoxy groups -OCH3 is 1. The molecule has 0 bridgehead atoms. The van der Waals surface area contributed by atoms with Crippen molar-refractivity contribution in [2.45, 2.75) is 18.9 Å².